The number of carbonyl (C=O) groups excluding carboxylic acids is 1. The van der Waals surface area contributed by atoms with Crippen molar-refractivity contribution in [2.45, 2.75) is 32.7 Å². The van der Waals surface area contributed by atoms with Crippen molar-refractivity contribution >= 4 is 11.6 Å². The molecule has 0 saturated heterocycles. The number of amides is 1. The Bertz CT molecular complexity index is 351. The highest BCUT2D eigenvalue weighted by Gasteiger charge is 2.14. The number of carbonyl (C=O) groups is 1. The van der Waals surface area contributed by atoms with Crippen molar-refractivity contribution in [3.63, 3.8) is 0 Å². The Balaban J connectivity index is 2.56. The molecule has 0 saturated carbocycles. The minimum absolute atomic E-state index is 0.00260. The van der Waals surface area contributed by atoms with Crippen LogP contribution in [0.5, 0.6) is 0 Å². The van der Waals surface area contributed by atoms with Gasteiger partial charge in [-0.1, -0.05) is 0 Å². The third-order valence-electron chi connectivity index (χ3n) is 2.16. The molecule has 0 aliphatic carbocycles. The van der Waals surface area contributed by atoms with Gasteiger partial charge in [0.2, 0.25) is 5.91 Å². The van der Waals surface area contributed by atoms with Crippen LogP contribution in [0.3, 0.4) is 0 Å². The van der Waals surface area contributed by atoms with Gasteiger partial charge in [0.05, 0.1) is 17.4 Å². The summed E-state index contributed by atoms with van der Waals surface area (Å²) in [6.45, 7) is 6.87. The molecule has 0 unspecified atom stereocenters. The van der Waals surface area contributed by atoms with Crippen LogP contribution in [-0.2, 0) is 10.3 Å². The molecule has 0 radical (unpaired) electrons. The first-order chi connectivity index (χ1) is 7.43. The van der Waals surface area contributed by atoms with E-state index in [0.29, 0.717) is 13.0 Å². The van der Waals surface area contributed by atoms with Gasteiger partial charge in [-0.3, -0.25) is 9.48 Å². The summed E-state index contributed by atoms with van der Waals surface area (Å²) in [6.07, 6.45) is 3.98. The Morgan fingerprint density at radius 3 is 2.69 bits per heavy atom. The van der Waals surface area contributed by atoms with Crippen LogP contribution in [-0.4, -0.2) is 29.3 Å². The summed E-state index contributed by atoms with van der Waals surface area (Å²) < 4.78 is 1.83. The van der Waals surface area contributed by atoms with E-state index >= 15 is 0 Å². The minimum Gasteiger partial charge on any atom is -0.323 e. The molecule has 0 aromatic carbocycles. The zero-order chi connectivity index (χ0) is 12.2. The normalized spacial score (nSPS) is 11.5. The average Bonchev–Trinajstić information content (AvgIpc) is 2.62. The van der Waals surface area contributed by atoms with Gasteiger partial charge in [-0.15, -0.1) is 0 Å². The predicted octanol–water partition coefficient (Wildman–Crippen LogP) is 1.19. The highest BCUT2D eigenvalue weighted by atomic mass is 16.1. The summed E-state index contributed by atoms with van der Waals surface area (Å²) in [7, 11) is 1.82. The highest BCUT2D eigenvalue weighted by molar-refractivity contribution is 5.90. The van der Waals surface area contributed by atoms with Crippen LogP contribution in [0.25, 0.3) is 0 Å². The van der Waals surface area contributed by atoms with Crippen LogP contribution < -0.4 is 10.6 Å². The van der Waals surface area contributed by atoms with E-state index in [0.717, 1.165) is 5.69 Å². The molecule has 5 nitrogen and oxygen atoms in total. The van der Waals surface area contributed by atoms with E-state index in [1.807, 2.05) is 17.9 Å². The molecule has 0 spiro atoms. The minimum atomic E-state index is -0.0616. The first kappa shape index (κ1) is 12.7. The number of nitrogens with one attached hydrogen (secondary N) is 2. The second kappa shape index (κ2) is 5.12. The van der Waals surface area contributed by atoms with Gasteiger partial charge in [-0.05, 0) is 27.8 Å². The largest absolute Gasteiger partial charge is 0.323 e. The summed E-state index contributed by atoms with van der Waals surface area (Å²) in [5, 5.41) is 9.95. The van der Waals surface area contributed by atoms with Gasteiger partial charge in [0.25, 0.3) is 0 Å². The molecule has 90 valence electrons. The smallest absolute Gasteiger partial charge is 0.225 e. The van der Waals surface area contributed by atoms with Crippen molar-refractivity contribution < 1.29 is 4.79 Å². The molecule has 1 heterocycles. The van der Waals surface area contributed by atoms with Crippen LogP contribution in [0.15, 0.2) is 12.4 Å². The Kier molecular flexibility index (Phi) is 4.06. The molecule has 0 aliphatic heterocycles. The summed E-state index contributed by atoms with van der Waals surface area (Å²) in [5.74, 6) is 0.00260. The topological polar surface area (TPSA) is 59.0 Å². The van der Waals surface area contributed by atoms with E-state index in [1.54, 1.807) is 6.20 Å². The van der Waals surface area contributed by atoms with Crippen molar-refractivity contribution in [2.24, 2.45) is 0 Å². The number of aromatic nitrogens is 2. The third-order valence-corrected chi connectivity index (χ3v) is 2.16. The zero-order valence-corrected chi connectivity index (χ0v) is 10.4. The average molecular weight is 224 g/mol. The van der Waals surface area contributed by atoms with Crippen LogP contribution in [0, 0.1) is 0 Å². The van der Waals surface area contributed by atoms with Gasteiger partial charge < -0.3 is 10.6 Å². The van der Waals surface area contributed by atoms with Gasteiger partial charge in [0.15, 0.2) is 0 Å². The molecule has 2 N–H and O–H groups in total. The molecule has 5 heteroatoms. The summed E-state index contributed by atoms with van der Waals surface area (Å²) in [6, 6.07) is 0. The Hall–Kier alpha value is -1.36. The summed E-state index contributed by atoms with van der Waals surface area (Å²) >= 11 is 0. The lowest BCUT2D eigenvalue weighted by Gasteiger charge is -2.18. The Morgan fingerprint density at radius 1 is 1.50 bits per heavy atom. The molecule has 0 aliphatic rings. The van der Waals surface area contributed by atoms with E-state index < -0.39 is 0 Å². The summed E-state index contributed by atoms with van der Waals surface area (Å²) in [5.41, 5.74) is 0.685. The quantitative estimate of drug-likeness (QED) is 0.807. The lowest BCUT2D eigenvalue weighted by molar-refractivity contribution is -0.116. The first-order valence-electron chi connectivity index (χ1n) is 5.43. The second-order valence-corrected chi connectivity index (χ2v) is 4.75. The summed E-state index contributed by atoms with van der Waals surface area (Å²) in [4.78, 5) is 11.4. The van der Waals surface area contributed by atoms with E-state index in [-0.39, 0.29) is 11.4 Å². The maximum atomic E-state index is 11.4. The van der Waals surface area contributed by atoms with Gasteiger partial charge in [-0.25, -0.2) is 0 Å². The van der Waals surface area contributed by atoms with Crippen molar-refractivity contribution in [3.8, 4) is 0 Å². The molecule has 1 aromatic rings. The lowest BCUT2D eigenvalue weighted by Crippen LogP contribution is -2.22. The lowest BCUT2D eigenvalue weighted by atomic mass is 10.1. The highest BCUT2D eigenvalue weighted by Crippen LogP contribution is 2.15. The fourth-order valence-corrected chi connectivity index (χ4v) is 1.22. The number of rotatable bonds is 4. The third kappa shape index (κ3) is 3.66. The predicted molar refractivity (Wildman–Crippen MR) is 64.4 cm³/mol. The van der Waals surface area contributed by atoms with Gasteiger partial charge in [-0.2, -0.15) is 5.10 Å². The number of hydrogen-bond donors (Lipinski definition) is 2. The standard InChI is InChI=1S/C11H20N4O/c1-11(2,3)15-8-9(7-13-15)14-10(16)5-6-12-4/h7-8,12H,5-6H2,1-4H3,(H,14,16). The molecule has 1 rings (SSSR count). The Labute approximate surface area is 96.2 Å². The van der Waals surface area contributed by atoms with Crippen LogP contribution >= 0.6 is 0 Å². The van der Waals surface area contributed by atoms with Crippen LogP contribution in [0.1, 0.15) is 27.2 Å². The molecular weight excluding hydrogens is 204 g/mol. The maximum absolute atomic E-state index is 11.4. The molecule has 1 aromatic heterocycles. The SMILES string of the molecule is CNCCC(=O)Nc1cnn(C(C)(C)C)c1. The Morgan fingerprint density at radius 2 is 2.19 bits per heavy atom. The van der Waals surface area contributed by atoms with E-state index in [4.69, 9.17) is 0 Å². The second-order valence-electron chi connectivity index (χ2n) is 4.75. The fourth-order valence-electron chi connectivity index (χ4n) is 1.22. The number of nitrogens with zero attached hydrogens (tertiary/aromatic N) is 2. The van der Waals surface area contributed by atoms with Crippen LogP contribution in [0.2, 0.25) is 0 Å². The van der Waals surface area contributed by atoms with Gasteiger partial charge in [0.1, 0.15) is 0 Å². The van der Waals surface area contributed by atoms with Crippen molar-refractivity contribution in [1.82, 2.24) is 15.1 Å². The molecule has 0 bridgehead atoms. The fraction of sp³-hybridized carbons (Fsp3) is 0.636. The van der Waals surface area contributed by atoms with E-state index in [2.05, 4.69) is 36.5 Å². The van der Waals surface area contributed by atoms with Gasteiger partial charge in [0, 0.05) is 19.2 Å². The zero-order valence-electron chi connectivity index (χ0n) is 10.4. The van der Waals surface area contributed by atoms with Crippen LogP contribution in [0.4, 0.5) is 5.69 Å². The van der Waals surface area contributed by atoms with Crippen molar-refractivity contribution in [2.75, 3.05) is 18.9 Å². The number of anilines is 1. The van der Waals surface area contributed by atoms with E-state index in [9.17, 15) is 4.79 Å². The van der Waals surface area contributed by atoms with Gasteiger partial charge >= 0.3 is 0 Å². The van der Waals surface area contributed by atoms with E-state index in [1.165, 1.54) is 0 Å². The maximum Gasteiger partial charge on any atom is 0.225 e. The molecular formula is C11H20N4O. The van der Waals surface area contributed by atoms with Crippen molar-refractivity contribution in [3.05, 3.63) is 12.4 Å². The van der Waals surface area contributed by atoms with Crippen molar-refractivity contribution in [1.29, 1.82) is 0 Å². The molecule has 0 fully saturated rings. The first-order valence-corrected chi connectivity index (χ1v) is 5.43. The molecule has 0 atom stereocenters. The number of hydrogen-bond acceptors (Lipinski definition) is 3. The molecule has 16 heavy (non-hydrogen) atoms. The monoisotopic (exact) mass is 224 g/mol. The molecule has 1 amide bonds.